The lowest BCUT2D eigenvalue weighted by molar-refractivity contribution is 0.0706. The van der Waals surface area contributed by atoms with Gasteiger partial charge in [-0.1, -0.05) is 0 Å². The molecule has 1 saturated carbocycles. The second kappa shape index (κ2) is 5.68. The van der Waals surface area contributed by atoms with E-state index < -0.39 is 0 Å². The van der Waals surface area contributed by atoms with Crippen molar-refractivity contribution >= 4 is 16.9 Å². The summed E-state index contributed by atoms with van der Waals surface area (Å²) in [7, 11) is 0. The lowest BCUT2D eigenvalue weighted by atomic mass is 10.1. The van der Waals surface area contributed by atoms with Crippen LogP contribution in [0, 0.1) is 6.92 Å². The molecule has 1 aliphatic carbocycles. The van der Waals surface area contributed by atoms with E-state index in [0.717, 1.165) is 23.9 Å². The molecule has 0 spiro atoms. The Morgan fingerprint density at radius 3 is 2.82 bits per heavy atom. The molecule has 6 heteroatoms. The molecule has 0 aliphatic heterocycles. The number of hydrogen-bond donors (Lipinski definition) is 1. The van der Waals surface area contributed by atoms with E-state index in [1.54, 1.807) is 11.1 Å². The fourth-order valence-corrected chi connectivity index (χ4v) is 2.76. The standard InChI is InChI=1S/C16H22N4O2/c1-10(2)20-15-12(9-17-20)8-14(11(3)18-15)16(22)19(6-7-21)13-4-5-13/h8-10,13,21H,4-7H2,1-3H3. The van der Waals surface area contributed by atoms with Crippen LogP contribution in [-0.2, 0) is 0 Å². The Balaban J connectivity index is 1.99. The summed E-state index contributed by atoms with van der Waals surface area (Å²) in [6, 6.07) is 2.37. The molecule has 2 aromatic heterocycles. The number of nitrogens with zero attached hydrogens (tertiary/aromatic N) is 4. The van der Waals surface area contributed by atoms with Crippen molar-refractivity contribution in [2.24, 2.45) is 0 Å². The summed E-state index contributed by atoms with van der Waals surface area (Å²) in [6.45, 7) is 6.33. The molecule has 22 heavy (non-hydrogen) atoms. The van der Waals surface area contributed by atoms with E-state index in [2.05, 4.69) is 23.9 Å². The Kier molecular flexibility index (Phi) is 3.87. The first kappa shape index (κ1) is 15.0. The molecule has 6 nitrogen and oxygen atoms in total. The molecule has 2 aromatic rings. The van der Waals surface area contributed by atoms with Crippen LogP contribution in [0.5, 0.6) is 0 Å². The van der Waals surface area contributed by atoms with Gasteiger partial charge in [0.15, 0.2) is 5.65 Å². The molecule has 0 aromatic carbocycles. The van der Waals surface area contributed by atoms with Crippen LogP contribution in [0.4, 0.5) is 0 Å². The second-order valence-corrected chi connectivity index (χ2v) is 6.17. The average Bonchev–Trinajstić information content (AvgIpc) is 3.23. The number of carbonyl (C=O) groups is 1. The van der Waals surface area contributed by atoms with Gasteiger partial charge in [0.2, 0.25) is 0 Å². The van der Waals surface area contributed by atoms with Crippen molar-refractivity contribution in [2.75, 3.05) is 13.2 Å². The monoisotopic (exact) mass is 302 g/mol. The molecule has 3 rings (SSSR count). The third kappa shape index (κ3) is 2.59. The lowest BCUT2D eigenvalue weighted by Gasteiger charge is -2.22. The summed E-state index contributed by atoms with van der Waals surface area (Å²) in [5.74, 6) is -0.0410. The van der Waals surface area contributed by atoms with Crippen LogP contribution in [0.1, 0.15) is 48.8 Å². The minimum atomic E-state index is -0.0410. The number of aryl methyl sites for hydroxylation is 1. The first-order valence-corrected chi connectivity index (χ1v) is 7.79. The van der Waals surface area contributed by atoms with Gasteiger partial charge in [0.1, 0.15) is 0 Å². The number of aromatic nitrogens is 3. The fourth-order valence-electron chi connectivity index (χ4n) is 2.76. The van der Waals surface area contributed by atoms with Crippen molar-refractivity contribution in [2.45, 2.75) is 45.7 Å². The Labute approximate surface area is 129 Å². The first-order chi connectivity index (χ1) is 10.5. The van der Waals surface area contributed by atoms with Crippen molar-refractivity contribution in [3.63, 3.8) is 0 Å². The zero-order valence-electron chi connectivity index (χ0n) is 13.3. The van der Waals surface area contributed by atoms with E-state index in [0.29, 0.717) is 17.8 Å². The zero-order chi connectivity index (χ0) is 15.9. The third-order valence-corrected chi connectivity index (χ3v) is 4.07. The number of pyridine rings is 1. The fraction of sp³-hybridized carbons (Fsp3) is 0.562. The highest BCUT2D eigenvalue weighted by molar-refractivity contribution is 5.98. The zero-order valence-corrected chi connectivity index (χ0v) is 13.3. The van der Waals surface area contributed by atoms with E-state index in [4.69, 9.17) is 0 Å². The molecule has 1 amide bonds. The number of aliphatic hydroxyl groups excluding tert-OH is 1. The van der Waals surface area contributed by atoms with Crippen molar-refractivity contribution in [3.05, 3.63) is 23.5 Å². The van der Waals surface area contributed by atoms with Gasteiger partial charge >= 0.3 is 0 Å². The number of carbonyl (C=O) groups excluding carboxylic acids is 1. The maximum atomic E-state index is 12.8. The molecule has 0 unspecified atom stereocenters. The van der Waals surface area contributed by atoms with Crippen LogP contribution in [-0.4, -0.2) is 49.9 Å². The maximum Gasteiger partial charge on any atom is 0.256 e. The summed E-state index contributed by atoms with van der Waals surface area (Å²) >= 11 is 0. The van der Waals surface area contributed by atoms with Crippen molar-refractivity contribution < 1.29 is 9.90 Å². The molecule has 2 heterocycles. The molecule has 0 saturated heterocycles. The van der Waals surface area contributed by atoms with E-state index in [1.165, 1.54) is 0 Å². The van der Waals surface area contributed by atoms with Gasteiger partial charge in [0.25, 0.3) is 5.91 Å². The van der Waals surface area contributed by atoms with Crippen molar-refractivity contribution in [1.82, 2.24) is 19.7 Å². The Bertz CT molecular complexity index is 703. The van der Waals surface area contributed by atoms with Crippen LogP contribution < -0.4 is 0 Å². The van der Waals surface area contributed by atoms with Crippen molar-refractivity contribution in [3.8, 4) is 0 Å². The number of amides is 1. The van der Waals surface area contributed by atoms with Gasteiger partial charge in [-0.3, -0.25) is 4.79 Å². The van der Waals surface area contributed by atoms with E-state index in [1.807, 2.05) is 17.7 Å². The topological polar surface area (TPSA) is 71.2 Å². The molecular weight excluding hydrogens is 280 g/mol. The van der Waals surface area contributed by atoms with E-state index in [-0.39, 0.29) is 24.6 Å². The van der Waals surface area contributed by atoms with Crippen LogP contribution in [0.2, 0.25) is 0 Å². The summed E-state index contributed by atoms with van der Waals surface area (Å²) in [6.07, 6.45) is 3.80. The average molecular weight is 302 g/mol. The Hall–Kier alpha value is -1.95. The number of aliphatic hydroxyl groups is 1. The van der Waals surface area contributed by atoms with Gasteiger partial charge in [-0.25, -0.2) is 9.67 Å². The molecule has 1 fully saturated rings. The van der Waals surface area contributed by atoms with Crippen molar-refractivity contribution in [1.29, 1.82) is 0 Å². The molecule has 0 radical (unpaired) electrons. The quantitative estimate of drug-likeness (QED) is 0.916. The predicted octanol–water partition coefficient (Wildman–Crippen LogP) is 1.92. The predicted molar refractivity (Wildman–Crippen MR) is 83.8 cm³/mol. The van der Waals surface area contributed by atoms with Crippen LogP contribution in [0.25, 0.3) is 11.0 Å². The minimum absolute atomic E-state index is 0.0117. The Morgan fingerprint density at radius 1 is 1.50 bits per heavy atom. The number of rotatable bonds is 5. The van der Waals surface area contributed by atoms with Gasteiger partial charge in [-0.15, -0.1) is 0 Å². The third-order valence-electron chi connectivity index (χ3n) is 4.07. The molecule has 1 aliphatic rings. The van der Waals surface area contributed by atoms with E-state index >= 15 is 0 Å². The van der Waals surface area contributed by atoms with Gasteiger partial charge in [-0.2, -0.15) is 5.10 Å². The SMILES string of the molecule is Cc1nc2c(cnn2C(C)C)cc1C(=O)N(CCO)C1CC1. The Morgan fingerprint density at radius 2 is 2.23 bits per heavy atom. The molecule has 118 valence electrons. The highest BCUT2D eigenvalue weighted by Gasteiger charge is 2.33. The minimum Gasteiger partial charge on any atom is -0.395 e. The normalized spacial score (nSPS) is 14.8. The largest absolute Gasteiger partial charge is 0.395 e. The van der Waals surface area contributed by atoms with Gasteiger partial charge < -0.3 is 10.0 Å². The number of fused-ring (bicyclic) bond motifs is 1. The molecule has 0 atom stereocenters. The second-order valence-electron chi connectivity index (χ2n) is 6.17. The summed E-state index contributed by atoms with van der Waals surface area (Å²) in [4.78, 5) is 19.1. The lowest BCUT2D eigenvalue weighted by Crippen LogP contribution is -2.36. The molecule has 1 N–H and O–H groups in total. The first-order valence-electron chi connectivity index (χ1n) is 7.79. The molecular formula is C16H22N4O2. The van der Waals surface area contributed by atoms with Crippen LogP contribution in [0.15, 0.2) is 12.3 Å². The highest BCUT2D eigenvalue weighted by Crippen LogP contribution is 2.29. The summed E-state index contributed by atoms with van der Waals surface area (Å²) < 4.78 is 1.86. The summed E-state index contributed by atoms with van der Waals surface area (Å²) in [5.41, 5.74) is 2.13. The van der Waals surface area contributed by atoms with Crippen LogP contribution >= 0.6 is 0 Å². The van der Waals surface area contributed by atoms with Crippen LogP contribution in [0.3, 0.4) is 0 Å². The van der Waals surface area contributed by atoms with Gasteiger partial charge in [0, 0.05) is 24.0 Å². The smallest absolute Gasteiger partial charge is 0.256 e. The van der Waals surface area contributed by atoms with Gasteiger partial charge in [0.05, 0.1) is 24.1 Å². The maximum absolute atomic E-state index is 12.8. The van der Waals surface area contributed by atoms with Gasteiger partial charge in [-0.05, 0) is 39.7 Å². The van der Waals surface area contributed by atoms with E-state index in [9.17, 15) is 9.90 Å². The highest BCUT2D eigenvalue weighted by atomic mass is 16.3. The summed E-state index contributed by atoms with van der Waals surface area (Å²) in [5, 5.41) is 14.4. The molecule has 0 bridgehead atoms. The number of hydrogen-bond acceptors (Lipinski definition) is 4.